The van der Waals surface area contributed by atoms with Gasteiger partial charge < -0.3 is 14.8 Å². The number of rotatable bonds is 7. The molecule has 0 bridgehead atoms. The fourth-order valence-corrected chi connectivity index (χ4v) is 4.42. The number of piperidine rings is 1. The first kappa shape index (κ1) is 20.6. The standard InChI is InChI=1S/C22H26N4O3S/c1-15-13-20-21(23-14-15)25-22(30-20)29-19-5-3-18(4-6-19)28-12-11-26-9-7-17(8-10-26)24-16(2)27/h3-6,13-14,17H,7-12H2,1-2H3,(H,24,27). The number of hydrogen-bond acceptors (Lipinski definition) is 7. The Labute approximate surface area is 180 Å². The van der Waals surface area contributed by atoms with E-state index in [-0.39, 0.29) is 5.91 Å². The number of carbonyl (C=O) groups is 1. The third-order valence-corrected chi connectivity index (χ3v) is 5.93. The zero-order valence-electron chi connectivity index (χ0n) is 17.3. The molecule has 30 heavy (non-hydrogen) atoms. The molecule has 1 fully saturated rings. The van der Waals surface area contributed by atoms with E-state index in [1.807, 2.05) is 37.4 Å². The smallest absolute Gasteiger partial charge is 0.281 e. The topological polar surface area (TPSA) is 76.6 Å². The Balaban J connectivity index is 1.22. The van der Waals surface area contributed by atoms with Crippen LogP contribution < -0.4 is 14.8 Å². The minimum Gasteiger partial charge on any atom is -0.492 e. The van der Waals surface area contributed by atoms with E-state index in [9.17, 15) is 4.79 Å². The van der Waals surface area contributed by atoms with Crippen LogP contribution in [0.15, 0.2) is 36.5 Å². The molecule has 1 aliphatic heterocycles. The number of likely N-dealkylation sites (tertiary alicyclic amines) is 1. The third-order valence-electron chi connectivity index (χ3n) is 5.06. The van der Waals surface area contributed by atoms with Crippen molar-refractivity contribution >= 4 is 27.6 Å². The highest BCUT2D eigenvalue weighted by atomic mass is 32.1. The van der Waals surface area contributed by atoms with Crippen molar-refractivity contribution in [1.29, 1.82) is 0 Å². The molecule has 158 valence electrons. The second-order valence-corrected chi connectivity index (χ2v) is 8.55. The number of hydrogen-bond donors (Lipinski definition) is 1. The predicted molar refractivity (Wildman–Crippen MR) is 117 cm³/mol. The summed E-state index contributed by atoms with van der Waals surface area (Å²) in [6.07, 6.45) is 3.79. The molecule has 0 spiro atoms. The monoisotopic (exact) mass is 426 g/mol. The molecule has 4 rings (SSSR count). The van der Waals surface area contributed by atoms with Gasteiger partial charge in [-0.1, -0.05) is 11.3 Å². The van der Waals surface area contributed by atoms with Crippen molar-refractivity contribution in [2.45, 2.75) is 32.7 Å². The molecule has 3 aromatic rings. The van der Waals surface area contributed by atoms with E-state index >= 15 is 0 Å². The number of amides is 1. The Bertz CT molecular complexity index is 997. The molecule has 0 radical (unpaired) electrons. The molecule has 8 heteroatoms. The van der Waals surface area contributed by atoms with Crippen LogP contribution in [0.3, 0.4) is 0 Å². The van der Waals surface area contributed by atoms with Gasteiger partial charge in [0.2, 0.25) is 5.91 Å². The SMILES string of the molecule is CC(=O)NC1CCN(CCOc2ccc(Oc3nc4ncc(C)cc4s3)cc2)CC1. The fourth-order valence-electron chi connectivity index (χ4n) is 3.53. The number of carbonyl (C=O) groups excluding carboxylic acids is 1. The Morgan fingerprint density at radius 1 is 1.23 bits per heavy atom. The molecular weight excluding hydrogens is 400 g/mol. The Hall–Kier alpha value is -2.71. The molecule has 1 saturated heterocycles. The van der Waals surface area contributed by atoms with Crippen molar-refractivity contribution in [1.82, 2.24) is 20.2 Å². The minimum absolute atomic E-state index is 0.0547. The molecule has 2 aromatic heterocycles. The number of ether oxygens (including phenoxy) is 2. The second-order valence-electron chi connectivity index (χ2n) is 7.55. The van der Waals surface area contributed by atoms with Crippen molar-refractivity contribution in [2.75, 3.05) is 26.2 Å². The summed E-state index contributed by atoms with van der Waals surface area (Å²) in [7, 11) is 0. The van der Waals surface area contributed by atoms with E-state index in [0.29, 0.717) is 23.5 Å². The number of thiazole rings is 1. The van der Waals surface area contributed by atoms with Crippen LogP contribution in [0, 0.1) is 6.92 Å². The number of aromatic nitrogens is 2. The van der Waals surface area contributed by atoms with E-state index in [1.165, 1.54) is 11.3 Å². The van der Waals surface area contributed by atoms with Crippen LogP contribution in [0.1, 0.15) is 25.3 Å². The van der Waals surface area contributed by atoms with Gasteiger partial charge in [0.15, 0.2) is 5.65 Å². The maximum atomic E-state index is 11.1. The number of nitrogens with zero attached hydrogens (tertiary/aromatic N) is 3. The summed E-state index contributed by atoms with van der Waals surface area (Å²) >= 11 is 1.49. The van der Waals surface area contributed by atoms with Crippen molar-refractivity contribution in [2.24, 2.45) is 0 Å². The highest BCUT2D eigenvalue weighted by Gasteiger charge is 2.19. The Kier molecular flexibility index (Phi) is 6.44. The van der Waals surface area contributed by atoms with Gasteiger partial charge in [0.1, 0.15) is 18.1 Å². The largest absolute Gasteiger partial charge is 0.492 e. The van der Waals surface area contributed by atoms with Crippen LogP contribution in [-0.4, -0.2) is 53.1 Å². The number of fused-ring (bicyclic) bond motifs is 1. The first-order chi connectivity index (χ1) is 14.5. The highest BCUT2D eigenvalue weighted by molar-refractivity contribution is 7.20. The zero-order chi connectivity index (χ0) is 20.9. The molecule has 1 amide bonds. The molecule has 0 unspecified atom stereocenters. The van der Waals surface area contributed by atoms with Gasteiger partial charge in [0.25, 0.3) is 5.19 Å². The van der Waals surface area contributed by atoms with Gasteiger partial charge >= 0.3 is 0 Å². The van der Waals surface area contributed by atoms with Crippen LogP contribution in [0.25, 0.3) is 10.3 Å². The second kappa shape index (κ2) is 9.40. The Morgan fingerprint density at radius 3 is 2.70 bits per heavy atom. The van der Waals surface area contributed by atoms with Gasteiger partial charge in [-0.15, -0.1) is 0 Å². The first-order valence-corrected chi connectivity index (χ1v) is 11.0. The molecule has 3 heterocycles. The zero-order valence-corrected chi connectivity index (χ0v) is 18.1. The van der Waals surface area contributed by atoms with E-state index in [4.69, 9.17) is 9.47 Å². The average Bonchev–Trinajstić information content (AvgIpc) is 3.11. The summed E-state index contributed by atoms with van der Waals surface area (Å²) in [5, 5.41) is 3.58. The summed E-state index contributed by atoms with van der Waals surface area (Å²) in [5.41, 5.74) is 1.82. The normalized spacial score (nSPS) is 15.3. The van der Waals surface area contributed by atoms with Gasteiger partial charge in [-0.05, 0) is 55.7 Å². The van der Waals surface area contributed by atoms with E-state index in [1.54, 1.807) is 6.92 Å². The van der Waals surface area contributed by atoms with Crippen LogP contribution in [0.2, 0.25) is 0 Å². The van der Waals surface area contributed by atoms with Crippen molar-refractivity contribution in [3.63, 3.8) is 0 Å². The van der Waals surface area contributed by atoms with Gasteiger partial charge in [-0.3, -0.25) is 9.69 Å². The predicted octanol–water partition coefficient (Wildman–Crippen LogP) is 3.77. The van der Waals surface area contributed by atoms with E-state index < -0.39 is 0 Å². The lowest BCUT2D eigenvalue weighted by Crippen LogP contribution is -2.45. The van der Waals surface area contributed by atoms with Crippen LogP contribution in [-0.2, 0) is 4.79 Å². The van der Waals surface area contributed by atoms with Gasteiger partial charge in [0.05, 0.1) is 4.70 Å². The number of aryl methyl sites for hydroxylation is 1. The molecular formula is C22H26N4O3S. The van der Waals surface area contributed by atoms with E-state index in [0.717, 1.165) is 54.2 Å². The van der Waals surface area contributed by atoms with Gasteiger partial charge in [-0.25, -0.2) is 4.98 Å². The maximum absolute atomic E-state index is 11.1. The number of pyridine rings is 1. The van der Waals surface area contributed by atoms with Crippen LogP contribution >= 0.6 is 11.3 Å². The third kappa shape index (κ3) is 5.46. The highest BCUT2D eigenvalue weighted by Crippen LogP contribution is 2.31. The number of benzene rings is 1. The quantitative estimate of drug-likeness (QED) is 0.620. The summed E-state index contributed by atoms with van der Waals surface area (Å²) in [6.45, 7) is 7.07. The Morgan fingerprint density at radius 2 is 1.97 bits per heavy atom. The van der Waals surface area contributed by atoms with E-state index in [2.05, 4.69) is 26.3 Å². The number of nitrogens with one attached hydrogen (secondary N) is 1. The average molecular weight is 427 g/mol. The van der Waals surface area contributed by atoms with Crippen molar-refractivity contribution in [3.05, 3.63) is 42.1 Å². The lowest BCUT2D eigenvalue weighted by Gasteiger charge is -2.31. The molecule has 1 N–H and O–H groups in total. The van der Waals surface area contributed by atoms with Crippen molar-refractivity contribution < 1.29 is 14.3 Å². The molecule has 1 aromatic carbocycles. The lowest BCUT2D eigenvalue weighted by atomic mass is 10.1. The summed E-state index contributed by atoms with van der Waals surface area (Å²) in [6, 6.07) is 9.97. The molecule has 1 aliphatic rings. The molecule has 0 saturated carbocycles. The first-order valence-electron chi connectivity index (χ1n) is 10.2. The maximum Gasteiger partial charge on any atom is 0.281 e. The van der Waals surface area contributed by atoms with Crippen LogP contribution in [0.4, 0.5) is 0 Å². The van der Waals surface area contributed by atoms with Crippen molar-refractivity contribution in [3.8, 4) is 16.7 Å². The summed E-state index contributed by atoms with van der Waals surface area (Å²) in [4.78, 5) is 22.3. The van der Waals surface area contributed by atoms with Gasteiger partial charge in [0, 0.05) is 38.8 Å². The fraction of sp³-hybridized carbons (Fsp3) is 0.409. The summed E-state index contributed by atoms with van der Waals surface area (Å²) < 4.78 is 12.8. The molecule has 0 atom stereocenters. The van der Waals surface area contributed by atoms with Crippen LogP contribution in [0.5, 0.6) is 16.7 Å². The minimum atomic E-state index is 0.0547. The molecule has 7 nitrogen and oxygen atoms in total. The molecule has 0 aliphatic carbocycles. The van der Waals surface area contributed by atoms with Gasteiger partial charge in [-0.2, -0.15) is 4.98 Å². The lowest BCUT2D eigenvalue weighted by molar-refractivity contribution is -0.119. The summed E-state index contributed by atoms with van der Waals surface area (Å²) in [5.74, 6) is 1.59.